The SMILES string of the molecule is O=C(C[C@H](c1ccc2c(c1)OCO2)[C@@H]1CCCCC1=O)c1ccccc1. The summed E-state index contributed by atoms with van der Waals surface area (Å²) in [5, 5.41) is 0. The zero-order valence-electron chi connectivity index (χ0n) is 14.6. The van der Waals surface area contributed by atoms with Crippen LogP contribution in [0.3, 0.4) is 0 Å². The molecule has 0 spiro atoms. The van der Waals surface area contributed by atoms with E-state index in [1.807, 2.05) is 48.5 Å². The third-order valence-electron chi connectivity index (χ3n) is 5.41. The Morgan fingerprint density at radius 3 is 2.65 bits per heavy atom. The van der Waals surface area contributed by atoms with Gasteiger partial charge in [-0.1, -0.05) is 42.8 Å². The van der Waals surface area contributed by atoms with Crippen LogP contribution in [0.4, 0.5) is 0 Å². The Kier molecular flexibility index (Phi) is 4.74. The van der Waals surface area contributed by atoms with Gasteiger partial charge in [-0.15, -0.1) is 0 Å². The van der Waals surface area contributed by atoms with Crippen molar-refractivity contribution in [2.24, 2.45) is 5.92 Å². The van der Waals surface area contributed by atoms with Crippen LogP contribution >= 0.6 is 0 Å². The van der Waals surface area contributed by atoms with Gasteiger partial charge in [-0.3, -0.25) is 9.59 Å². The lowest BCUT2D eigenvalue weighted by molar-refractivity contribution is -0.125. The van der Waals surface area contributed by atoms with Crippen LogP contribution in [-0.4, -0.2) is 18.4 Å². The fourth-order valence-corrected chi connectivity index (χ4v) is 4.01. The Hall–Kier alpha value is -2.62. The van der Waals surface area contributed by atoms with Crippen molar-refractivity contribution >= 4 is 11.6 Å². The number of benzene rings is 2. The molecule has 0 bridgehead atoms. The molecule has 1 heterocycles. The normalized spacial score (nSPS) is 20.0. The quantitative estimate of drug-likeness (QED) is 0.744. The summed E-state index contributed by atoms with van der Waals surface area (Å²) in [6, 6.07) is 15.1. The largest absolute Gasteiger partial charge is 0.454 e. The van der Waals surface area contributed by atoms with Gasteiger partial charge in [-0.25, -0.2) is 0 Å². The molecule has 1 saturated carbocycles. The standard InChI is InChI=1S/C22H22O4/c23-19-9-5-4-8-17(19)18(13-20(24)15-6-2-1-3-7-15)16-10-11-21-22(12-16)26-14-25-21/h1-3,6-7,10-12,17-18H,4-5,8-9,13-14H2/t17-,18+/m0/s1. The molecule has 0 saturated heterocycles. The molecule has 1 aliphatic heterocycles. The van der Waals surface area contributed by atoms with Crippen LogP contribution < -0.4 is 9.47 Å². The highest BCUT2D eigenvalue weighted by atomic mass is 16.7. The van der Waals surface area contributed by atoms with Crippen molar-refractivity contribution in [3.8, 4) is 11.5 Å². The molecule has 0 amide bonds. The van der Waals surface area contributed by atoms with Crippen LogP contribution in [0.15, 0.2) is 48.5 Å². The molecule has 134 valence electrons. The topological polar surface area (TPSA) is 52.6 Å². The Morgan fingerprint density at radius 1 is 1.04 bits per heavy atom. The molecule has 4 nitrogen and oxygen atoms in total. The zero-order valence-corrected chi connectivity index (χ0v) is 14.6. The van der Waals surface area contributed by atoms with Crippen molar-refractivity contribution in [2.75, 3.05) is 6.79 Å². The highest BCUT2D eigenvalue weighted by molar-refractivity contribution is 5.97. The summed E-state index contributed by atoms with van der Waals surface area (Å²) >= 11 is 0. The fourth-order valence-electron chi connectivity index (χ4n) is 4.01. The molecule has 0 unspecified atom stereocenters. The molecule has 1 aliphatic carbocycles. The lowest BCUT2D eigenvalue weighted by atomic mass is 9.73. The maximum absolute atomic E-state index is 12.8. The van der Waals surface area contributed by atoms with E-state index in [1.165, 1.54) is 0 Å². The molecule has 26 heavy (non-hydrogen) atoms. The lowest BCUT2D eigenvalue weighted by Crippen LogP contribution is -2.27. The van der Waals surface area contributed by atoms with E-state index in [1.54, 1.807) is 0 Å². The van der Waals surface area contributed by atoms with Gasteiger partial charge in [-0.05, 0) is 30.5 Å². The Bertz CT molecular complexity index is 812. The number of carbonyl (C=O) groups is 2. The number of ether oxygens (including phenoxy) is 2. The van der Waals surface area contributed by atoms with Crippen molar-refractivity contribution in [2.45, 2.75) is 38.0 Å². The molecule has 0 N–H and O–H groups in total. The predicted octanol–water partition coefficient (Wildman–Crippen LogP) is 4.53. The van der Waals surface area contributed by atoms with Gasteiger partial charge in [0.05, 0.1) is 0 Å². The van der Waals surface area contributed by atoms with Gasteiger partial charge < -0.3 is 9.47 Å². The number of hydrogen-bond acceptors (Lipinski definition) is 4. The molecule has 2 aliphatic rings. The van der Waals surface area contributed by atoms with Crippen molar-refractivity contribution in [1.82, 2.24) is 0 Å². The van der Waals surface area contributed by atoms with Crippen LogP contribution in [0.2, 0.25) is 0 Å². The van der Waals surface area contributed by atoms with Crippen LogP contribution in [0.25, 0.3) is 0 Å². The Balaban J connectivity index is 1.65. The first-order chi connectivity index (χ1) is 12.7. The summed E-state index contributed by atoms with van der Waals surface area (Å²) in [5.74, 6) is 1.55. The number of hydrogen-bond donors (Lipinski definition) is 0. The van der Waals surface area contributed by atoms with Crippen LogP contribution in [-0.2, 0) is 4.79 Å². The van der Waals surface area contributed by atoms with E-state index in [9.17, 15) is 9.59 Å². The van der Waals surface area contributed by atoms with Crippen molar-refractivity contribution in [3.05, 3.63) is 59.7 Å². The summed E-state index contributed by atoms with van der Waals surface area (Å²) in [4.78, 5) is 25.4. The van der Waals surface area contributed by atoms with E-state index in [0.29, 0.717) is 24.2 Å². The molecule has 0 aromatic heterocycles. The van der Waals surface area contributed by atoms with Crippen LogP contribution in [0.5, 0.6) is 11.5 Å². The first kappa shape index (κ1) is 16.8. The van der Waals surface area contributed by atoms with Crippen molar-refractivity contribution in [1.29, 1.82) is 0 Å². The predicted molar refractivity (Wildman–Crippen MR) is 97.7 cm³/mol. The zero-order chi connectivity index (χ0) is 17.9. The summed E-state index contributed by atoms with van der Waals surface area (Å²) in [7, 11) is 0. The van der Waals surface area contributed by atoms with Gasteiger partial charge in [-0.2, -0.15) is 0 Å². The summed E-state index contributed by atoms with van der Waals surface area (Å²) < 4.78 is 10.9. The number of fused-ring (bicyclic) bond motifs is 1. The molecule has 2 atom stereocenters. The third kappa shape index (κ3) is 3.36. The van der Waals surface area contributed by atoms with E-state index in [0.717, 1.165) is 30.6 Å². The monoisotopic (exact) mass is 350 g/mol. The van der Waals surface area contributed by atoms with Gasteiger partial charge in [0, 0.05) is 30.2 Å². The number of carbonyl (C=O) groups excluding carboxylic acids is 2. The minimum atomic E-state index is -0.120. The molecule has 4 rings (SSSR count). The molecule has 2 aromatic rings. The van der Waals surface area contributed by atoms with Gasteiger partial charge in [0.2, 0.25) is 6.79 Å². The van der Waals surface area contributed by atoms with E-state index in [4.69, 9.17) is 9.47 Å². The van der Waals surface area contributed by atoms with Gasteiger partial charge in [0.25, 0.3) is 0 Å². The summed E-state index contributed by atoms with van der Waals surface area (Å²) in [6.07, 6.45) is 3.79. The van der Waals surface area contributed by atoms with E-state index in [2.05, 4.69) is 0 Å². The van der Waals surface area contributed by atoms with Gasteiger partial charge in [0.15, 0.2) is 17.3 Å². The smallest absolute Gasteiger partial charge is 0.231 e. The lowest BCUT2D eigenvalue weighted by Gasteiger charge is -2.29. The second-order valence-electron chi connectivity index (χ2n) is 7.03. The Labute approximate surface area is 153 Å². The minimum absolute atomic E-state index is 0.0756. The van der Waals surface area contributed by atoms with E-state index < -0.39 is 0 Å². The Morgan fingerprint density at radius 2 is 1.85 bits per heavy atom. The fraction of sp³-hybridized carbons (Fsp3) is 0.364. The number of Topliss-reactive ketones (excluding diaryl/α,β-unsaturated/α-hetero) is 2. The molecular formula is C22H22O4. The minimum Gasteiger partial charge on any atom is -0.454 e. The molecule has 2 aromatic carbocycles. The second-order valence-corrected chi connectivity index (χ2v) is 7.03. The van der Waals surface area contributed by atoms with Gasteiger partial charge >= 0.3 is 0 Å². The van der Waals surface area contributed by atoms with Gasteiger partial charge in [0.1, 0.15) is 5.78 Å². The van der Waals surface area contributed by atoms with Crippen molar-refractivity contribution < 1.29 is 19.1 Å². The van der Waals surface area contributed by atoms with Crippen molar-refractivity contribution in [3.63, 3.8) is 0 Å². The number of rotatable bonds is 5. The molecular weight excluding hydrogens is 328 g/mol. The highest BCUT2D eigenvalue weighted by Gasteiger charge is 2.33. The molecule has 0 radical (unpaired) electrons. The molecule has 4 heteroatoms. The summed E-state index contributed by atoms with van der Waals surface area (Å²) in [6.45, 7) is 0.217. The third-order valence-corrected chi connectivity index (χ3v) is 5.41. The van der Waals surface area contributed by atoms with Crippen LogP contribution in [0.1, 0.15) is 53.9 Å². The van der Waals surface area contributed by atoms with Crippen LogP contribution in [0, 0.1) is 5.92 Å². The molecule has 1 fully saturated rings. The first-order valence-corrected chi connectivity index (χ1v) is 9.23. The summed E-state index contributed by atoms with van der Waals surface area (Å²) in [5.41, 5.74) is 1.68. The highest BCUT2D eigenvalue weighted by Crippen LogP contribution is 2.41. The number of ketones is 2. The average molecular weight is 350 g/mol. The first-order valence-electron chi connectivity index (χ1n) is 9.23. The maximum atomic E-state index is 12.8. The van der Waals surface area contributed by atoms with E-state index >= 15 is 0 Å². The van der Waals surface area contributed by atoms with E-state index in [-0.39, 0.29) is 30.2 Å². The maximum Gasteiger partial charge on any atom is 0.231 e. The average Bonchev–Trinajstić information content (AvgIpc) is 3.15. The second kappa shape index (κ2) is 7.32.